The van der Waals surface area contributed by atoms with Crippen molar-refractivity contribution in [3.05, 3.63) is 29.0 Å². The summed E-state index contributed by atoms with van der Waals surface area (Å²) >= 11 is 5.68. The number of rotatable bonds is 3. The first-order chi connectivity index (χ1) is 8.97. The van der Waals surface area contributed by atoms with Crippen molar-refractivity contribution in [2.75, 3.05) is 11.9 Å². The minimum absolute atomic E-state index is 0.0865. The molecule has 0 saturated carbocycles. The van der Waals surface area contributed by atoms with E-state index in [-0.39, 0.29) is 23.6 Å². The Labute approximate surface area is 113 Å². The van der Waals surface area contributed by atoms with Gasteiger partial charge in [-0.3, -0.25) is 19.3 Å². The third-order valence-electron chi connectivity index (χ3n) is 2.66. The van der Waals surface area contributed by atoms with Crippen LogP contribution in [0.15, 0.2) is 18.2 Å². The average Bonchev–Trinajstić information content (AvgIpc) is 2.65. The van der Waals surface area contributed by atoms with E-state index in [2.05, 4.69) is 5.32 Å². The summed E-state index contributed by atoms with van der Waals surface area (Å²) in [6.07, 6.45) is 0.218. The molecule has 1 aromatic rings. The maximum absolute atomic E-state index is 13.4. The van der Waals surface area contributed by atoms with Gasteiger partial charge in [-0.05, 0) is 18.2 Å². The van der Waals surface area contributed by atoms with Crippen molar-refractivity contribution in [1.29, 1.82) is 0 Å². The van der Waals surface area contributed by atoms with E-state index < -0.39 is 30.1 Å². The predicted molar refractivity (Wildman–Crippen MR) is 66.0 cm³/mol. The molecular weight excluding hydrogens is 275 g/mol. The lowest BCUT2D eigenvalue weighted by molar-refractivity contribution is -0.141. The Morgan fingerprint density at radius 3 is 2.58 bits per heavy atom. The normalized spacial score (nSPS) is 14.9. The number of halogens is 2. The molecule has 1 aliphatic heterocycles. The Kier molecular flexibility index (Phi) is 3.80. The summed E-state index contributed by atoms with van der Waals surface area (Å²) < 4.78 is 13.4. The number of carbonyl (C=O) groups excluding carboxylic acids is 3. The van der Waals surface area contributed by atoms with Crippen LogP contribution in [0.25, 0.3) is 0 Å². The molecule has 1 N–H and O–H groups in total. The zero-order valence-electron chi connectivity index (χ0n) is 9.78. The SMILES string of the molecule is O=C(CN1C(=O)CCC1=O)Nc1cc(Cl)ccc1F. The molecule has 1 heterocycles. The molecular formula is C12H10ClFN2O3. The van der Waals surface area contributed by atoms with E-state index in [1.807, 2.05) is 0 Å². The molecule has 2 rings (SSSR count). The number of anilines is 1. The van der Waals surface area contributed by atoms with Crippen LogP contribution in [0.4, 0.5) is 10.1 Å². The third-order valence-corrected chi connectivity index (χ3v) is 2.89. The van der Waals surface area contributed by atoms with Crippen LogP contribution in [-0.4, -0.2) is 29.2 Å². The number of carbonyl (C=O) groups is 3. The molecule has 0 aromatic heterocycles. The fourth-order valence-corrected chi connectivity index (χ4v) is 1.90. The lowest BCUT2D eigenvalue weighted by atomic mass is 10.3. The first-order valence-electron chi connectivity index (χ1n) is 5.55. The molecule has 0 radical (unpaired) electrons. The molecule has 0 atom stereocenters. The molecule has 100 valence electrons. The Bertz CT molecular complexity index is 546. The molecule has 1 fully saturated rings. The Balaban J connectivity index is 2.03. The first-order valence-corrected chi connectivity index (χ1v) is 5.93. The summed E-state index contributed by atoms with van der Waals surface area (Å²) in [6, 6.07) is 3.71. The molecule has 0 aliphatic carbocycles. The van der Waals surface area contributed by atoms with Crippen LogP contribution in [0, 0.1) is 5.82 Å². The van der Waals surface area contributed by atoms with E-state index in [1.165, 1.54) is 12.1 Å². The highest BCUT2D eigenvalue weighted by atomic mass is 35.5. The van der Waals surface area contributed by atoms with Gasteiger partial charge in [-0.25, -0.2) is 4.39 Å². The molecule has 1 aromatic carbocycles. The van der Waals surface area contributed by atoms with Gasteiger partial charge in [0.25, 0.3) is 0 Å². The predicted octanol–water partition coefficient (Wildman–Crippen LogP) is 1.57. The van der Waals surface area contributed by atoms with Gasteiger partial charge in [0.1, 0.15) is 12.4 Å². The zero-order valence-corrected chi connectivity index (χ0v) is 10.5. The lowest BCUT2D eigenvalue weighted by Gasteiger charge is -2.13. The van der Waals surface area contributed by atoms with E-state index in [0.29, 0.717) is 0 Å². The Morgan fingerprint density at radius 1 is 1.32 bits per heavy atom. The number of nitrogens with one attached hydrogen (secondary N) is 1. The van der Waals surface area contributed by atoms with Crippen LogP contribution in [0.5, 0.6) is 0 Å². The number of likely N-dealkylation sites (tertiary alicyclic amines) is 1. The largest absolute Gasteiger partial charge is 0.322 e. The van der Waals surface area contributed by atoms with Crippen molar-refractivity contribution in [2.45, 2.75) is 12.8 Å². The third kappa shape index (κ3) is 3.08. The summed E-state index contributed by atoms with van der Waals surface area (Å²) in [5.74, 6) is -2.08. The molecule has 3 amide bonds. The number of hydrogen-bond donors (Lipinski definition) is 1. The first kappa shape index (κ1) is 13.5. The number of hydrogen-bond acceptors (Lipinski definition) is 3. The molecule has 7 heteroatoms. The smallest absolute Gasteiger partial charge is 0.244 e. The summed E-state index contributed by atoms with van der Waals surface area (Å²) in [4.78, 5) is 35.2. The van der Waals surface area contributed by atoms with Crippen molar-refractivity contribution in [3.63, 3.8) is 0 Å². The minimum atomic E-state index is -0.648. The molecule has 1 aliphatic rings. The maximum Gasteiger partial charge on any atom is 0.244 e. The number of benzene rings is 1. The highest BCUT2D eigenvalue weighted by Crippen LogP contribution is 2.19. The summed E-state index contributed by atoms with van der Waals surface area (Å²) in [5, 5.41) is 2.54. The second-order valence-electron chi connectivity index (χ2n) is 4.05. The van der Waals surface area contributed by atoms with Gasteiger partial charge in [-0.1, -0.05) is 11.6 Å². The molecule has 19 heavy (non-hydrogen) atoms. The van der Waals surface area contributed by atoms with Crippen LogP contribution in [-0.2, 0) is 14.4 Å². The molecule has 0 spiro atoms. The van der Waals surface area contributed by atoms with Crippen molar-refractivity contribution in [1.82, 2.24) is 4.90 Å². The Morgan fingerprint density at radius 2 is 1.95 bits per heavy atom. The van der Waals surface area contributed by atoms with Crippen molar-refractivity contribution >= 4 is 35.0 Å². The minimum Gasteiger partial charge on any atom is -0.322 e. The molecule has 1 saturated heterocycles. The number of nitrogens with zero attached hydrogens (tertiary/aromatic N) is 1. The fourth-order valence-electron chi connectivity index (χ4n) is 1.73. The molecule has 5 nitrogen and oxygen atoms in total. The van der Waals surface area contributed by atoms with Gasteiger partial charge in [0.2, 0.25) is 17.7 Å². The van der Waals surface area contributed by atoms with Crippen LogP contribution in [0.1, 0.15) is 12.8 Å². The summed E-state index contributed by atoms with van der Waals surface area (Å²) in [5.41, 5.74) is -0.0865. The lowest BCUT2D eigenvalue weighted by Crippen LogP contribution is -2.37. The van der Waals surface area contributed by atoms with Gasteiger partial charge in [0.15, 0.2) is 0 Å². The molecule has 0 unspecified atom stereocenters. The summed E-state index contributed by atoms with van der Waals surface area (Å²) in [7, 11) is 0. The molecule has 0 bridgehead atoms. The van der Waals surface area contributed by atoms with Crippen LogP contribution in [0.2, 0.25) is 5.02 Å². The number of imide groups is 1. The topological polar surface area (TPSA) is 66.5 Å². The van der Waals surface area contributed by atoms with Gasteiger partial charge in [0.05, 0.1) is 5.69 Å². The van der Waals surface area contributed by atoms with Crippen LogP contribution in [0.3, 0.4) is 0 Å². The van der Waals surface area contributed by atoms with Crippen molar-refractivity contribution in [2.24, 2.45) is 0 Å². The quantitative estimate of drug-likeness (QED) is 0.857. The van der Waals surface area contributed by atoms with Crippen molar-refractivity contribution in [3.8, 4) is 0 Å². The summed E-state index contributed by atoms with van der Waals surface area (Å²) in [6.45, 7) is -0.413. The van der Waals surface area contributed by atoms with Gasteiger partial charge in [-0.2, -0.15) is 0 Å². The van der Waals surface area contributed by atoms with Gasteiger partial charge in [0, 0.05) is 17.9 Å². The van der Waals surface area contributed by atoms with E-state index in [9.17, 15) is 18.8 Å². The number of amides is 3. The van der Waals surface area contributed by atoms with Gasteiger partial charge < -0.3 is 5.32 Å². The van der Waals surface area contributed by atoms with Gasteiger partial charge >= 0.3 is 0 Å². The standard InChI is InChI=1S/C12H10ClFN2O3/c13-7-1-2-8(14)9(5-7)15-10(17)6-16-11(18)3-4-12(16)19/h1-2,5H,3-4,6H2,(H,15,17). The van der Waals surface area contributed by atoms with Crippen LogP contribution < -0.4 is 5.32 Å². The van der Waals surface area contributed by atoms with Gasteiger partial charge in [-0.15, -0.1) is 0 Å². The van der Waals surface area contributed by atoms with E-state index in [4.69, 9.17) is 11.6 Å². The fraction of sp³-hybridized carbons (Fsp3) is 0.250. The highest BCUT2D eigenvalue weighted by Gasteiger charge is 2.30. The van der Waals surface area contributed by atoms with E-state index in [1.54, 1.807) is 0 Å². The van der Waals surface area contributed by atoms with E-state index in [0.717, 1.165) is 11.0 Å². The second-order valence-corrected chi connectivity index (χ2v) is 4.48. The second kappa shape index (κ2) is 5.36. The maximum atomic E-state index is 13.4. The highest BCUT2D eigenvalue weighted by molar-refractivity contribution is 6.30. The van der Waals surface area contributed by atoms with E-state index >= 15 is 0 Å². The van der Waals surface area contributed by atoms with Crippen LogP contribution >= 0.6 is 11.6 Å². The Hall–Kier alpha value is -1.95. The average molecular weight is 285 g/mol. The van der Waals surface area contributed by atoms with Crippen molar-refractivity contribution < 1.29 is 18.8 Å². The monoisotopic (exact) mass is 284 g/mol. The zero-order chi connectivity index (χ0) is 14.0.